The number of amides is 2. The Morgan fingerprint density at radius 3 is 2.67 bits per heavy atom. The number of benzene rings is 1. The van der Waals surface area contributed by atoms with Crippen LogP contribution in [0.3, 0.4) is 0 Å². The van der Waals surface area contributed by atoms with Gasteiger partial charge in [0.25, 0.3) is 5.91 Å². The van der Waals surface area contributed by atoms with E-state index in [0.29, 0.717) is 30.6 Å². The molecular formula is C25H30N4O4. The first-order valence-electron chi connectivity index (χ1n) is 11.1. The quantitative estimate of drug-likeness (QED) is 0.725. The van der Waals surface area contributed by atoms with Gasteiger partial charge in [0, 0.05) is 37.7 Å². The van der Waals surface area contributed by atoms with Crippen molar-refractivity contribution < 1.29 is 19.4 Å². The fraction of sp³-hybridized carbons (Fsp3) is 0.440. The molecule has 1 aromatic heterocycles. The van der Waals surface area contributed by atoms with Gasteiger partial charge in [-0.15, -0.1) is 0 Å². The van der Waals surface area contributed by atoms with Gasteiger partial charge in [0.05, 0.1) is 30.8 Å². The van der Waals surface area contributed by atoms with Gasteiger partial charge in [0.2, 0.25) is 11.8 Å². The number of aromatic nitrogens is 1. The van der Waals surface area contributed by atoms with E-state index in [-0.39, 0.29) is 42.4 Å². The van der Waals surface area contributed by atoms with Crippen LogP contribution in [-0.2, 0) is 4.79 Å². The monoisotopic (exact) mass is 450 g/mol. The summed E-state index contributed by atoms with van der Waals surface area (Å²) < 4.78 is 6.22. The van der Waals surface area contributed by atoms with Crippen molar-refractivity contribution in [3.63, 3.8) is 0 Å². The molecule has 0 aliphatic carbocycles. The lowest BCUT2D eigenvalue weighted by Crippen LogP contribution is -2.50. The number of hydrogen-bond donors (Lipinski definition) is 1. The lowest BCUT2D eigenvalue weighted by molar-refractivity contribution is -0.131. The summed E-state index contributed by atoms with van der Waals surface area (Å²) in [7, 11) is 1.74. The van der Waals surface area contributed by atoms with Crippen LogP contribution in [0.15, 0.2) is 36.5 Å². The minimum Gasteiger partial charge on any atom is -0.472 e. The Labute approximate surface area is 194 Å². The Bertz CT molecular complexity index is 1050. The van der Waals surface area contributed by atoms with Gasteiger partial charge in [0.1, 0.15) is 11.7 Å². The van der Waals surface area contributed by atoms with Gasteiger partial charge < -0.3 is 19.6 Å². The lowest BCUT2D eigenvalue weighted by atomic mass is 9.99. The minimum absolute atomic E-state index is 0.00821. The van der Waals surface area contributed by atoms with Crippen molar-refractivity contribution in [3.05, 3.63) is 47.7 Å². The molecule has 8 heteroatoms. The smallest absolute Gasteiger partial charge is 0.259 e. The van der Waals surface area contributed by atoms with E-state index in [0.717, 1.165) is 11.1 Å². The van der Waals surface area contributed by atoms with E-state index >= 15 is 0 Å². The van der Waals surface area contributed by atoms with Crippen LogP contribution in [0.25, 0.3) is 11.1 Å². The highest BCUT2D eigenvalue weighted by Crippen LogP contribution is 2.30. The molecule has 0 fully saturated rings. The number of nitriles is 1. The SMILES string of the molecule is CCC(=O)N(C)C[C@H]1Oc2ncc(-c3ccc(C#N)cc3)cc2C(=O)N([C@H](C)CO)C[C@H]1C. The molecule has 2 amide bonds. The van der Waals surface area contributed by atoms with Gasteiger partial charge in [0.15, 0.2) is 0 Å². The number of rotatable bonds is 6. The number of likely N-dealkylation sites (N-methyl/N-ethyl adjacent to an activating group) is 1. The molecule has 1 N–H and O–H groups in total. The Balaban J connectivity index is 2.03. The molecule has 0 spiro atoms. The van der Waals surface area contributed by atoms with Gasteiger partial charge in [-0.25, -0.2) is 4.98 Å². The van der Waals surface area contributed by atoms with Crippen LogP contribution < -0.4 is 4.74 Å². The molecule has 0 saturated heterocycles. The maximum atomic E-state index is 13.5. The Kier molecular flexibility index (Phi) is 7.67. The van der Waals surface area contributed by atoms with E-state index in [9.17, 15) is 14.7 Å². The lowest BCUT2D eigenvalue weighted by Gasteiger charge is -2.37. The van der Waals surface area contributed by atoms with Crippen LogP contribution in [0.1, 0.15) is 43.1 Å². The third-order valence-corrected chi connectivity index (χ3v) is 6.05. The van der Waals surface area contributed by atoms with Crippen molar-refractivity contribution in [2.45, 2.75) is 39.3 Å². The van der Waals surface area contributed by atoms with Crippen molar-refractivity contribution >= 4 is 11.8 Å². The number of pyridine rings is 1. The van der Waals surface area contributed by atoms with Gasteiger partial charge in [-0.1, -0.05) is 26.0 Å². The van der Waals surface area contributed by atoms with E-state index in [1.807, 2.05) is 13.8 Å². The Morgan fingerprint density at radius 1 is 1.36 bits per heavy atom. The zero-order valence-electron chi connectivity index (χ0n) is 19.5. The predicted octanol–water partition coefficient (Wildman–Crippen LogP) is 2.71. The first-order chi connectivity index (χ1) is 15.8. The number of ether oxygens (including phenoxy) is 1. The zero-order chi connectivity index (χ0) is 24.1. The first kappa shape index (κ1) is 24.2. The Hall–Kier alpha value is -3.44. The van der Waals surface area contributed by atoms with Crippen molar-refractivity contribution in [3.8, 4) is 23.1 Å². The van der Waals surface area contributed by atoms with E-state index in [1.165, 1.54) is 0 Å². The predicted molar refractivity (Wildman–Crippen MR) is 123 cm³/mol. The van der Waals surface area contributed by atoms with Crippen molar-refractivity contribution in [1.82, 2.24) is 14.8 Å². The second-order valence-electron chi connectivity index (χ2n) is 8.52. The van der Waals surface area contributed by atoms with Crippen molar-refractivity contribution in [2.24, 2.45) is 5.92 Å². The summed E-state index contributed by atoms with van der Waals surface area (Å²) in [5.74, 6) is -0.142. The van der Waals surface area contributed by atoms with Gasteiger partial charge >= 0.3 is 0 Å². The third-order valence-electron chi connectivity index (χ3n) is 6.05. The molecule has 3 atom stereocenters. The number of nitrogens with zero attached hydrogens (tertiary/aromatic N) is 4. The number of aliphatic hydroxyl groups is 1. The molecule has 8 nitrogen and oxygen atoms in total. The van der Waals surface area contributed by atoms with Gasteiger partial charge in [-0.05, 0) is 30.7 Å². The molecule has 2 heterocycles. The summed E-state index contributed by atoms with van der Waals surface area (Å²) in [5.41, 5.74) is 2.38. The fourth-order valence-electron chi connectivity index (χ4n) is 3.86. The summed E-state index contributed by atoms with van der Waals surface area (Å²) in [6, 6.07) is 10.5. The standard InChI is InChI=1S/C25H30N4O4/c1-5-23(31)28(4)14-22-16(2)13-29(17(3)15-30)25(32)21-10-20(12-27-24(21)33-22)19-8-6-18(11-26)7-9-19/h6-10,12,16-17,22,30H,5,13-15H2,1-4H3/t16-,17-,22-/m1/s1. The highest BCUT2D eigenvalue weighted by atomic mass is 16.5. The summed E-state index contributed by atoms with van der Waals surface area (Å²) in [6.07, 6.45) is 1.66. The maximum absolute atomic E-state index is 13.5. The molecule has 0 bridgehead atoms. The van der Waals surface area contributed by atoms with Crippen LogP contribution in [0, 0.1) is 17.2 Å². The molecule has 1 aromatic carbocycles. The largest absolute Gasteiger partial charge is 0.472 e. The molecule has 2 aromatic rings. The molecule has 3 rings (SSSR count). The number of aliphatic hydroxyl groups excluding tert-OH is 1. The molecule has 174 valence electrons. The van der Waals surface area contributed by atoms with E-state index < -0.39 is 0 Å². The molecule has 0 saturated carbocycles. The summed E-state index contributed by atoms with van der Waals surface area (Å²) in [5, 5.41) is 18.8. The van der Waals surface area contributed by atoms with Crippen molar-refractivity contribution in [2.75, 3.05) is 26.7 Å². The van der Waals surface area contributed by atoms with Crippen LogP contribution in [0.2, 0.25) is 0 Å². The molecular weight excluding hydrogens is 420 g/mol. The van der Waals surface area contributed by atoms with Crippen molar-refractivity contribution in [1.29, 1.82) is 5.26 Å². The normalized spacial score (nSPS) is 18.9. The average Bonchev–Trinajstić information content (AvgIpc) is 2.84. The van der Waals surface area contributed by atoms with E-state index in [2.05, 4.69) is 11.1 Å². The third kappa shape index (κ3) is 5.32. The highest BCUT2D eigenvalue weighted by Gasteiger charge is 2.34. The van der Waals surface area contributed by atoms with Gasteiger partial charge in [-0.3, -0.25) is 9.59 Å². The summed E-state index contributed by atoms with van der Waals surface area (Å²) in [6.45, 7) is 6.14. The molecule has 0 radical (unpaired) electrons. The molecule has 33 heavy (non-hydrogen) atoms. The Morgan fingerprint density at radius 2 is 2.06 bits per heavy atom. The van der Waals surface area contributed by atoms with Crippen LogP contribution in [-0.4, -0.2) is 70.6 Å². The number of hydrogen-bond acceptors (Lipinski definition) is 6. The van der Waals surface area contributed by atoms with E-state index in [1.54, 1.807) is 60.3 Å². The van der Waals surface area contributed by atoms with Crippen LogP contribution in [0.4, 0.5) is 0 Å². The van der Waals surface area contributed by atoms with E-state index in [4.69, 9.17) is 10.00 Å². The van der Waals surface area contributed by atoms with Crippen LogP contribution >= 0.6 is 0 Å². The topological polar surface area (TPSA) is 107 Å². The number of carbonyl (C=O) groups is 2. The summed E-state index contributed by atoms with van der Waals surface area (Å²) >= 11 is 0. The fourth-order valence-corrected chi connectivity index (χ4v) is 3.86. The maximum Gasteiger partial charge on any atom is 0.259 e. The second kappa shape index (κ2) is 10.5. The number of fused-ring (bicyclic) bond motifs is 1. The molecule has 1 aliphatic rings. The summed E-state index contributed by atoms with van der Waals surface area (Å²) in [4.78, 5) is 33.4. The number of carbonyl (C=O) groups excluding carboxylic acids is 2. The molecule has 1 aliphatic heterocycles. The highest BCUT2D eigenvalue weighted by molar-refractivity contribution is 5.98. The second-order valence-corrected chi connectivity index (χ2v) is 8.52. The molecule has 0 unspecified atom stereocenters. The first-order valence-corrected chi connectivity index (χ1v) is 11.1. The zero-order valence-corrected chi connectivity index (χ0v) is 19.5. The minimum atomic E-state index is -0.389. The van der Waals surface area contributed by atoms with Crippen LogP contribution in [0.5, 0.6) is 5.88 Å². The van der Waals surface area contributed by atoms with Gasteiger partial charge in [-0.2, -0.15) is 5.26 Å². The average molecular weight is 451 g/mol.